The molecule has 0 aliphatic carbocycles. The first-order valence-corrected chi connectivity index (χ1v) is 5.00. The van der Waals surface area contributed by atoms with Gasteiger partial charge in [-0.25, -0.2) is 4.98 Å². The van der Waals surface area contributed by atoms with Crippen LogP contribution in [0, 0.1) is 0 Å². The summed E-state index contributed by atoms with van der Waals surface area (Å²) in [5.41, 5.74) is 2.84. The number of imidazole rings is 1. The third-order valence-corrected chi connectivity index (χ3v) is 2.40. The van der Waals surface area contributed by atoms with Crippen LogP contribution >= 0.6 is 0 Å². The molecule has 3 heterocycles. The number of fused-ring (bicyclic) bond motifs is 1. The van der Waals surface area contributed by atoms with Gasteiger partial charge in [0.25, 0.3) is 0 Å². The first kappa shape index (κ1) is 8.96. The van der Waals surface area contributed by atoms with E-state index >= 15 is 0 Å². The topological polar surface area (TPSA) is 47.2 Å². The molecule has 80 valence electrons. The predicted octanol–water partition coefficient (Wildman–Crippen LogP) is 1.81. The molecule has 0 saturated carbocycles. The lowest BCUT2D eigenvalue weighted by atomic mass is 10.4. The van der Waals surface area contributed by atoms with E-state index in [0.717, 1.165) is 17.0 Å². The van der Waals surface area contributed by atoms with Crippen molar-refractivity contribution in [3.05, 3.63) is 43.1 Å². The van der Waals surface area contributed by atoms with Crippen molar-refractivity contribution in [1.29, 1.82) is 0 Å². The van der Waals surface area contributed by atoms with Crippen molar-refractivity contribution >= 4 is 17.0 Å². The first-order chi connectivity index (χ1) is 7.83. The number of nitrogens with zero attached hydrogens (tertiary/aromatic N) is 4. The third-order valence-electron chi connectivity index (χ3n) is 2.40. The fourth-order valence-electron chi connectivity index (χ4n) is 1.69. The summed E-state index contributed by atoms with van der Waals surface area (Å²) in [7, 11) is 1.89. The Bertz CT molecular complexity index is 622. The van der Waals surface area contributed by atoms with Crippen LogP contribution in [0.25, 0.3) is 5.65 Å². The lowest BCUT2D eigenvalue weighted by Crippen LogP contribution is -1.93. The number of hydrogen-bond acceptors (Lipinski definition) is 3. The van der Waals surface area contributed by atoms with Crippen molar-refractivity contribution in [3.8, 4) is 0 Å². The Labute approximate surface area is 92.3 Å². The lowest BCUT2D eigenvalue weighted by Gasteiger charge is -2.04. The van der Waals surface area contributed by atoms with Gasteiger partial charge < -0.3 is 9.72 Å². The second-order valence-corrected chi connectivity index (χ2v) is 3.61. The molecule has 0 bridgehead atoms. The largest absolute Gasteiger partial charge is 0.350 e. The van der Waals surface area contributed by atoms with Gasteiger partial charge in [0, 0.05) is 31.8 Å². The molecule has 0 aliphatic heterocycles. The highest BCUT2D eigenvalue weighted by molar-refractivity contribution is 5.73. The minimum absolute atomic E-state index is 0.909. The van der Waals surface area contributed by atoms with Gasteiger partial charge in [0.1, 0.15) is 0 Å². The fraction of sp³-hybridized carbons (Fsp3) is 0.0909. The Kier molecular flexibility index (Phi) is 1.89. The summed E-state index contributed by atoms with van der Waals surface area (Å²) in [6, 6.07) is 3.97. The molecule has 3 rings (SSSR count). The minimum atomic E-state index is 0.909. The van der Waals surface area contributed by atoms with Gasteiger partial charge >= 0.3 is 0 Å². The van der Waals surface area contributed by atoms with Crippen LogP contribution < -0.4 is 5.32 Å². The van der Waals surface area contributed by atoms with Crippen LogP contribution in [0.1, 0.15) is 0 Å². The Hall–Kier alpha value is -2.30. The molecule has 0 spiro atoms. The van der Waals surface area contributed by atoms with E-state index in [1.54, 1.807) is 17.1 Å². The number of anilines is 2. The molecule has 0 atom stereocenters. The number of aryl methyl sites for hydroxylation is 1. The number of nitrogens with one attached hydrogen (secondary N) is 1. The molecule has 0 aliphatic rings. The number of aromatic nitrogens is 4. The van der Waals surface area contributed by atoms with Crippen LogP contribution in [0.5, 0.6) is 0 Å². The highest BCUT2D eigenvalue weighted by Gasteiger charge is 2.02. The molecule has 16 heavy (non-hydrogen) atoms. The van der Waals surface area contributed by atoms with E-state index in [-0.39, 0.29) is 0 Å². The van der Waals surface area contributed by atoms with Gasteiger partial charge in [0.2, 0.25) is 0 Å². The second kappa shape index (κ2) is 3.37. The van der Waals surface area contributed by atoms with Gasteiger partial charge in [-0.2, -0.15) is 5.10 Å². The van der Waals surface area contributed by atoms with Gasteiger partial charge in [0.05, 0.1) is 17.6 Å². The first-order valence-electron chi connectivity index (χ1n) is 5.00. The zero-order valence-electron chi connectivity index (χ0n) is 8.83. The molecule has 0 fully saturated rings. The van der Waals surface area contributed by atoms with Crippen molar-refractivity contribution in [2.45, 2.75) is 0 Å². The molecule has 0 saturated heterocycles. The van der Waals surface area contributed by atoms with Crippen LogP contribution in [-0.4, -0.2) is 19.2 Å². The normalized spacial score (nSPS) is 10.8. The van der Waals surface area contributed by atoms with Crippen LogP contribution in [0.4, 0.5) is 11.4 Å². The van der Waals surface area contributed by atoms with Crippen LogP contribution in [0.3, 0.4) is 0 Å². The molecule has 0 amide bonds. The van der Waals surface area contributed by atoms with E-state index in [2.05, 4.69) is 15.4 Å². The van der Waals surface area contributed by atoms with Crippen LogP contribution in [0.2, 0.25) is 0 Å². The monoisotopic (exact) mass is 213 g/mol. The molecule has 5 nitrogen and oxygen atoms in total. The van der Waals surface area contributed by atoms with E-state index in [1.807, 2.05) is 42.2 Å². The van der Waals surface area contributed by atoms with E-state index in [4.69, 9.17) is 0 Å². The van der Waals surface area contributed by atoms with Gasteiger partial charge in [-0.05, 0) is 12.1 Å². The zero-order chi connectivity index (χ0) is 11.0. The summed E-state index contributed by atoms with van der Waals surface area (Å²) < 4.78 is 3.73. The Morgan fingerprint density at radius 1 is 1.31 bits per heavy atom. The molecule has 3 aromatic rings. The number of hydrogen-bond donors (Lipinski definition) is 1. The Morgan fingerprint density at radius 2 is 2.25 bits per heavy atom. The molecule has 0 aromatic carbocycles. The van der Waals surface area contributed by atoms with Crippen LogP contribution in [0.15, 0.2) is 43.1 Å². The van der Waals surface area contributed by atoms with E-state index in [0.29, 0.717) is 0 Å². The Morgan fingerprint density at radius 3 is 3.06 bits per heavy atom. The smallest absolute Gasteiger partial charge is 0.160 e. The van der Waals surface area contributed by atoms with Gasteiger partial charge in [-0.15, -0.1) is 0 Å². The quantitative estimate of drug-likeness (QED) is 0.706. The summed E-state index contributed by atoms with van der Waals surface area (Å²) in [5, 5.41) is 7.39. The van der Waals surface area contributed by atoms with Gasteiger partial charge in [-0.1, -0.05) is 0 Å². The SMILES string of the molecule is Cn1cc(Nc2cccn3ccnc23)cn1. The molecule has 0 radical (unpaired) electrons. The van der Waals surface area contributed by atoms with Gasteiger partial charge in [0.15, 0.2) is 5.65 Å². The standard InChI is InChI=1S/C11H11N5/c1-15-8-9(7-13-15)14-10-3-2-5-16-6-4-12-11(10)16/h2-8,14H,1H3. The Balaban J connectivity index is 2.03. The zero-order valence-corrected chi connectivity index (χ0v) is 8.83. The molecular weight excluding hydrogens is 202 g/mol. The van der Waals surface area contributed by atoms with Crippen molar-refractivity contribution in [2.24, 2.45) is 7.05 Å². The summed E-state index contributed by atoms with van der Waals surface area (Å²) in [6.45, 7) is 0. The van der Waals surface area contributed by atoms with Gasteiger partial charge in [-0.3, -0.25) is 4.68 Å². The highest BCUT2D eigenvalue weighted by atomic mass is 15.3. The van der Waals surface area contributed by atoms with E-state index < -0.39 is 0 Å². The highest BCUT2D eigenvalue weighted by Crippen LogP contribution is 2.19. The molecule has 3 aromatic heterocycles. The van der Waals surface area contributed by atoms with Crippen molar-refractivity contribution in [3.63, 3.8) is 0 Å². The average Bonchev–Trinajstić information content (AvgIpc) is 2.87. The molecular formula is C11H11N5. The van der Waals surface area contributed by atoms with Crippen LogP contribution in [-0.2, 0) is 7.05 Å². The maximum absolute atomic E-state index is 4.29. The summed E-state index contributed by atoms with van der Waals surface area (Å²) in [5.74, 6) is 0. The van der Waals surface area contributed by atoms with Crippen molar-refractivity contribution in [2.75, 3.05) is 5.32 Å². The third kappa shape index (κ3) is 1.42. The maximum atomic E-state index is 4.29. The maximum Gasteiger partial charge on any atom is 0.160 e. The molecule has 1 N–H and O–H groups in total. The van der Waals surface area contributed by atoms with E-state index in [1.165, 1.54) is 0 Å². The van der Waals surface area contributed by atoms with Crippen molar-refractivity contribution < 1.29 is 0 Å². The number of rotatable bonds is 2. The molecule has 0 unspecified atom stereocenters. The van der Waals surface area contributed by atoms with Crippen molar-refractivity contribution in [1.82, 2.24) is 19.2 Å². The lowest BCUT2D eigenvalue weighted by molar-refractivity contribution is 0.768. The average molecular weight is 213 g/mol. The summed E-state index contributed by atoms with van der Waals surface area (Å²) >= 11 is 0. The summed E-state index contributed by atoms with van der Waals surface area (Å²) in [4.78, 5) is 4.29. The summed E-state index contributed by atoms with van der Waals surface area (Å²) in [6.07, 6.45) is 9.38. The minimum Gasteiger partial charge on any atom is -0.350 e. The number of pyridine rings is 1. The predicted molar refractivity (Wildman–Crippen MR) is 61.7 cm³/mol. The molecule has 5 heteroatoms. The van der Waals surface area contributed by atoms with E-state index in [9.17, 15) is 0 Å². The second-order valence-electron chi connectivity index (χ2n) is 3.61. The fourth-order valence-corrected chi connectivity index (χ4v) is 1.69.